The van der Waals surface area contributed by atoms with E-state index in [9.17, 15) is 8.42 Å². The Labute approximate surface area is 107 Å². The fourth-order valence-corrected chi connectivity index (χ4v) is 2.53. The molecule has 0 aliphatic carbocycles. The van der Waals surface area contributed by atoms with Crippen molar-refractivity contribution in [2.75, 3.05) is 0 Å². The van der Waals surface area contributed by atoms with Crippen LogP contribution in [-0.4, -0.2) is 18.6 Å². The SMILES string of the molecule is O=S(=O)(NCc1cn[nH]c1)c1ccc(Br)cc1. The molecule has 90 valence electrons. The molecule has 0 bridgehead atoms. The highest BCUT2D eigenvalue weighted by Gasteiger charge is 2.13. The first-order chi connectivity index (χ1) is 8.08. The number of aromatic amines is 1. The lowest BCUT2D eigenvalue weighted by Crippen LogP contribution is -2.22. The molecule has 0 saturated heterocycles. The molecule has 2 N–H and O–H groups in total. The first-order valence-electron chi connectivity index (χ1n) is 4.81. The molecule has 0 aliphatic heterocycles. The molecule has 0 spiro atoms. The third kappa shape index (κ3) is 3.15. The van der Waals surface area contributed by atoms with Crippen LogP contribution in [0.1, 0.15) is 5.56 Å². The summed E-state index contributed by atoms with van der Waals surface area (Å²) in [6.07, 6.45) is 3.22. The second-order valence-corrected chi connectivity index (χ2v) is 6.07. The van der Waals surface area contributed by atoms with Gasteiger partial charge in [-0.2, -0.15) is 5.10 Å². The maximum Gasteiger partial charge on any atom is 0.240 e. The van der Waals surface area contributed by atoms with Crippen LogP contribution >= 0.6 is 15.9 Å². The van der Waals surface area contributed by atoms with Crippen molar-refractivity contribution in [3.8, 4) is 0 Å². The normalized spacial score (nSPS) is 11.6. The molecule has 7 heteroatoms. The number of sulfonamides is 1. The van der Waals surface area contributed by atoms with Gasteiger partial charge in [0, 0.05) is 22.8 Å². The van der Waals surface area contributed by atoms with Gasteiger partial charge >= 0.3 is 0 Å². The zero-order chi connectivity index (χ0) is 12.3. The summed E-state index contributed by atoms with van der Waals surface area (Å²) in [6.45, 7) is 0.217. The number of nitrogens with zero attached hydrogens (tertiary/aromatic N) is 1. The summed E-state index contributed by atoms with van der Waals surface area (Å²) in [5.74, 6) is 0. The lowest BCUT2D eigenvalue weighted by Gasteiger charge is -2.05. The van der Waals surface area contributed by atoms with Crippen LogP contribution in [0.25, 0.3) is 0 Å². The molecule has 1 heterocycles. The number of hydrogen-bond donors (Lipinski definition) is 2. The molecule has 2 rings (SSSR count). The third-order valence-corrected chi connectivity index (χ3v) is 4.09. The maximum atomic E-state index is 11.9. The number of H-pyrrole nitrogens is 1. The number of rotatable bonds is 4. The van der Waals surface area contributed by atoms with E-state index < -0.39 is 10.0 Å². The van der Waals surface area contributed by atoms with Crippen molar-refractivity contribution in [1.82, 2.24) is 14.9 Å². The molecular weight excluding hydrogens is 306 g/mol. The van der Waals surface area contributed by atoms with Gasteiger partial charge in [0.1, 0.15) is 0 Å². The predicted molar refractivity (Wildman–Crippen MR) is 66.8 cm³/mol. The van der Waals surface area contributed by atoms with E-state index in [0.29, 0.717) is 0 Å². The zero-order valence-corrected chi connectivity index (χ0v) is 11.1. The largest absolute Gasteiger partial charge is 0.285 e. The highest BCUT2D eigenvalue weighted by Crippen LogP contribution is 2.14. The van der Waals surface area contributed by atoms with Gasteiger partial charge in [0.15, 0.2) is 0 Å². The Morgan fingerprint density at radius 1 is 1.29 bits per heavy atom. The van der Waals surface area contributed by atoms with Gasteiger partial charge in [-0.15, -0.1) is 0 Å². The summed E-state index contributed by atoms with van der Waals surface area (Å²) < 4.78 is 27.1. The third-order valence-electron chi connectivity index (χ3n) is 2.15. The van der Waals surface area contributed by atoms with E-state index in [4.69, 9.17) is 0 Å². The molecule has 0 saturated carbocycles. The van der Waals surface area contributed by atoms with Gasteiger partial charge in [-0.25, -0.2) is 13.1 Å². The number of hydrogen-bond acceptors (Lipinski definition) is 3. The van der Waals surface area contributed by atoms with Crippen LogP contribution in [0.5, 0.6) is 0 Å². The van der Waals surface area contributed by atoms with Crippen molar-refractivity contribution >= 4 is 26.0 Å². The quantitative estimate of drug-likeness (QED) is 0.901. The smallest absolute Gasteiger partial charge is 0.240 e. The minimum Gasteiger partial charge on any atom is -0.285 e. The Bertz CT molecular complexity index is 579. The Balaban J connectivity index is 2.11. The fourth-order valence-electron chi connectivity index (χ4n) is 1.25. The van der Waals surface area contributed by atoms with E-state index in [-0.39, 0.29) is 11.4 Å². The highest BCUT2D eigenvalue weighted by molar-refractivity contribution is 9.10. The molecule has 0 atom stereocenters. The van der Waals surface area contributed by atoms with Crippen LogP contribution in [0, 0.1) is 0 Å². The molecule has 0 unspecified atom stereocenters. The van der Waals surface area contributed by atoms with Gasteiger partial charge in [-0.3, -0.25) is 5.10 Å². The Morgan fingerprint density at radius 3 is 2.59 bits per heavy atom. The summed E-state index contributed by atoms with van der Waals surface area (Å²) in [5, 5.41) is 6.36. The predicted octanol–water partition coefficient (Wildman–Crippen LogP) is 1.65. The summed E-state index contributed by atoms with van der Waals surface area (Å²) in [7, 11) is -3.47. The van der Waals surface area contributed by atoms with Crippen LogP contribution in [0.2, 0.25) is 0 Å². The maximum absolute atomic E-state index is 11.9. The molecule has 0 amide bonds. The van der Waals surface area contributed by atoms with Crippen molar-refractivity contribution in [1.29, 1.82) is 0 Å². The van der Waals surface area contributed by atoms with E-state index in [1.165, 1.54) is 0 Å². The van der Waals surface area contributed by atoms with E-state index in [1.54, 1.807) is 36.7 Å². The highest BCUT2D eigenvalue weighted by atomic mass is 79.9. The van der Waals surface area contributed by atoms with Gasteiger partial charge in [0.2, 0.25) is 10.0 Å². The minimum atomic E-state index is -3.47. The van der Waals surface area contributed by atoms with Crippen molar-refractivity contribution in [2.24, 2.45) is 0 Å². The topological polar surface area (TPSA) is 74.8 Å². The summed E-state index contributed by atoms with van der Waals surface area (Å²) in [5.41, 5.74) is 0.783. The summed E-state index contributed by atoms with van der Waals surface area (Å²) in [6, 6.07) is 6.46. The van der Waals surface area contributed by atoms with E-state index in [1.807, 2.05) is 0 Å². The molecule has 0 radical (unpaired) electrons. The Hall–Kier alpha value is -1.18. The van der Waals surface area contributed by atoms with Gasteiger partial charge < -0.3 is 0 Å². The first kappa shape index (κ1) is 12.3. The van der Waals surface area contributed by atoms with Crippen LogP contribution in [0.4, 0.5) is 0 Å². The lowest BCUT2D eigenvalue weighted by molar-refractivity contribution is 0.581. The van der Waals surface area contributed by atoms with Gasteiger partial charge in [0.25, 0.3) is 0 Å². The van der Waals surface area contributed by atoms with Crippen molar-refractivity contribution < 1.29 is 8.42 Å². The molecule has 2 aromatic rings. The Kier molecular flexibility index (Phi) is 3.60. The summed E-state index contributed by atoms with van der Waals surface area (Å²) in [4.78, 5) is 0.240. The van der Waals surface area contributed by atoms with Gasteiger partial charge in [-0.05, 0) is 24.3 Å². The number of aromatic nitrogens is 2. The monoisotopic (exact) mass is 315 g/mol. The number of benzene rings is 1. The summed E-state index contributed by atoms with van der Waals surface area (Å²) >= 11 is 3.26. The number of nitrogens with one attached hydrogen (secondary N) is 2. The van der Waals surface area contributed by atoms with Crippen LogP contribution in [-0.2, 0) is 16.6 Å². The molecule has 1 aromatic carbocycles. The molecular formula is C10H10BrN3O2S. The van der Waals surface area contributed by atoms with Crippen molar-refractivity contribution in [3.63, 3.8) is 0 Å². The average Bonchev–Trinajstić information content (AvgIpc) is 2.80. The zero-order valence-electron chi connectivity index (χ0n) is 8.72. The number of halogens is 1. The van der Waals surface area contributed by atoms with E-state index in [0.717, 1.165) is 10.0 Å². The molecule has 5 nitrogen and oxygen atoms in total. The van der Waals surface area contributed by atoms with Crippen molar-refractivity contribution in [2.45, 2.75) is 11.4 Å². The fraction of sp³-hybridized carbons (Fsp3) is 0.100. The van der Waals surface area contributed by atoms with Crippen LogP contribution in [0.15, 0.2) is 46.0 Å². The standard InChI is InChI=1S/C10H10BrN3O2S/c11-9-1-3-10(4-2-9)17(15,16)14-7-8-5-12-13-6-8/h1-6,14H,7H2,(H,12,13). The second-order valence-electron chi connectivity index (χ2n) is 3.39. The Morgan fingerprint density at radius 2 is 2.00 bits per heavy atom. The van der Waals surface area contributed by atoms with Crippen LogP contribution in [0.3, 0.4) is 0 Å². The molecule has 0 aliphatic rings. The first-order valence-corrected chi connectivity index (χ1v) is 7.08. The lowest BCUT2D eigenvalue weighted by atomic mass is 10.4. The molecule has 1 aromatic heterocycles. The molecule has 17 heavy (non-hydrogen) atoms. The van der Waals surface area contributed by atoms with Gasteiger partial charge in [-0.1, -0.05) is 15.9 Å². The molecule has 0 fully saturated rings. The average molecular weight is 316 g/mol. The minimum absolute atomic E-state index is 0.217. The van der Waals surface area contributed by atoms with E-state index >= 15 is 0 Å². The van der Waals surface area contributed by atoms with E-state index in [2.05, 4.69) is 30.8 Å². The van der Waals surface area contributed by atoms with Crippen molar-refractivity contribution in [3.05, 3.63) is 46.7 Å². The van der Waals surface area contributed by atoms with Gasteiger partial charge in [0.05, 0.1) is 11.1 Å². The second kappa shape index (κ2) is 4.99. The van der Waals surface area contributed by atoms with Crippen LogP contribution < -0.4 is 4.72 Å².